The number of nitrogens with zero attached hydrogens (tertiary/aromatic N) is 3. The summed E-state index contributed by atoms with van der Waals surface area (Å²) in [5.41, 5.74) is 5.95. The van der Waals surface area contributed by atoms with Gasteiger partial charge in [-0.25, -0.2) is 9.97 Å². The molecule has 4 rings (SSSR count). The van der Waals surface area contributed by atoms with Crippen LogP contribution >= 0.6 is 0 Å². The fourth-order valence-electron chi connectivity index (χ4n) is 2.92. The minimum Gasteiger partial charge on any atom is -0.313 e. The highest BCUT2D eigenvalue weighted by molar-refractivity contribution is 5.80. The third-order valence-corrected chi connectivity index (χ3v) is 4.44. The highest BCUT2D eigenvalue weighted by Crippen LogP contribution is 2.18. The van der Waals surface area contributed by atoms with Gasteiger partial charge in [0.1, 0.15) is 6.33 Å². The van der Waals surface area contributed by atoms with E-state index in [0.29, 0.717) is 0 Å². The number of rotatable bonds is 5. The maximum Gasteiger partial charge on any atom is 0.116 e. The molecule has 0 unspecified atom stereocenters. The molecule has 0 fully saturated rings. The van der Waals surface area contributed by atoms with E-state index in [0.717, 1.165) is 24.0 Å². The molecule has 1 N–H and O–H groups in total. The van der Waals surface area contributed by atoms with Gasteiger partial charge in [0.15, 0.2) is 0 Å². The Hall–Kier alpha value is -3.11. The number of para-hydroxylation sites is 1. The van der Waals surface area contributed by atoms with E-state index in [1.165, 1.54) is 28.7 Å². The van der Waals surface area contributed by atoms with Gasteiger partial charge in [0.05, 0.1) is 5.52 Å². The lowest BCUT2D eigenvalue weighted by molar-refractivity contribution is 0.675. The normalized spacial score (nSPS) is 10.4. The van der Waals surface area contributed by atoms with E-state index >= 15 is 0 Å². The number of hydrogen-bond acceptors (Lipinski definition) is 4. The van der Waals surface area contributed by atoms with E-state index in [4.69, 9.17) is 0 Å². The highest BCUT2D eigenvalue weighted by atomic mass is 14.8. The molecule has 4 aromatic rings. The Labute approximate surface area is 168 Å². The molecule has 0 atom stereocenters. The van der Waals surface area contributed by atoms with Gasteiger partial charge in [0.2, 0.25) is 0 Å². The lowest BCUT2D eigenvalue weighted by Crippen LogP contribution is -2.13. The average Bonchev–Trinajstić information content (AvgIpc) is 2.76. The first-order valence-corrected chi connectivity index (χ1v) is 9.63. The first kappa shape index (κ1) is 19.6. The van der Waals surface area contributed by atoms with Crippen LogP contribution < -0.4 is 5.32 Å². The molecule has 2 aromatic carbocycles. The molecule has 4 nitrogen and oxygen atoms in total. The summed E-state index contributed by atoms with van der Waals surface area (Å²) >= 11 is 0. The van der Waals surface area contributed by atoms with Crippen molar-refractivity contribution in [1.29, 1.82) is 0 Å². The van der Waals surface area contributed by atoms with Crippen LogP contribution in [0, 0.1) is 6.92 Å². The van der Waals surface area contributed by atoms with E-state index in [1.807, 2.05) is 30.6 Å². The summed E-state index contributed by atoms with van der Waals surface area (Å²) in [5.74, 6) is 0. The molecule has 0 spiro atoms. The van der Waals surface area contributed by atoms with Gasteiger partial charge in [-0.1, -0.05) is 55.5 Å². The average molecular weight is 373 g/mol. The minimum atomic E-state index is 0. The summed E-state index contributed by atoms with van der Waals surface area (Å²) in [5, 5.41) is 4.50. The zero-order chi connectivity index (χ0) is 19.6. The molecule has 144 valence electrons. The van der Waals surface area contributed by atoms with Crippen LogP contribution in [0.4, 0.5) is 0 Å². The Morgan fingerprint density at radius 3 is 2.46 bits per heavy atom. The molecule has 0 aliphatic heterocycles. The van der Waals surface area contributed by atoms with Crippen molar-refractivity contribution >= 4 is 10.9 Å². The van der Waals surface area contributed by atoms with Crippen LogP contribution in [-0.4, -0.2) is 21.5 Å². The lowest BCUT2D eigenvalue weighted by atomic mass is 10.1. The van der Waals surface area contributed by atoms with Gasteiger partial charge in [-0.3, -0.25) is 4.98 Å². The predicted octanol–water partition coefficient (Wildman–Crippen LogP) is 5.43. The van der Waals surface area contributed by atoms with Crippen LogP contribution in [0.15, 0.2) is 79.5 Å². The molecular weight excluding hydrogens is 344 g/mol. The fraction of sp³-hybridized carbons (Fsp3) is 0.208. The maximum absolute atomic E-state index is 4.17. The number of aryl methyl sites for hydroxylation is 1. The largest absolute Gasteiger partial charge is 0.313 e. The van der Waals surface area contributed by atoms with Gasteiger partial charge in [0, 0.05) is 31.9 Å². The molecule has 0 saturated heterocycles. The predicted molar refractivity (Wildman–Crippen MR) is 118 cm³/mol. The number of benzene rings is 2. The third-order valence-electron chi connectivity index (χ3n) is 4.44. The summed E-state index contributed by atoms with van der Waals surface area (Å²) in [4.78, 5) is 12.2. The Morgan fingerprint density at radius 1 is 0.893 bits per heavy atom. The van der Waals surface area contributed by atoms with Gasteiger partial charge >= 0.3 is 0 Å². The van der Waals surface area contributed by atoms with Crippen LogP contribution in [0.5, 0.6) is 0 Å². The van der Waals surface area contributed by atoms with Crippen LogP contribution in [0.25, 0.3) is 22.0 Å². The standard InChI is InChI=1S/C15H18N2.C9H8N2.H2/c1-2-9-16-11-13-5-7-14(8-6-13)15-4-3-10-17-12-15;1-7-3-2-4-8-5-10-6-11-9(7)8;/h3-8,10,12,16H,2,9,11H2,1H3;2-6H,1H3;1H. The van der Waals surface area contributed by atoms with E-state index in [1.54, 1.807) is 12.5 Å². The van der Waals surface area contributed by atoms with Crippen molar-refractivity contribution in [1.82, 2.24) is 20.3 Å². The van der Waals surface area contributed by atoms with Crippen molar-refractivity contribution in [3.8, 4) is 11.1 Å². The Balaban J connectivity index is 0.000000217. The van der Waals surface area contributed by atoms with Crippen molar-refractivity contribution < 1.29 is 1.43 Å². The molecule has 0 aliphatic rings. The van der Waals surface area contributed by atoms with Crippen molar-refractivity contribution in [3.05, 3.63) is 90.6 Å². The van der Waals surface area contributed by atoms with Crippen molar-refractivity contribution in [3.63, 3.8) is 0 Å². The van der Waals surface area contributed by atoms with E-state index in [9.17, 15) is 0 Å². The van der Waals surface area contributed by atoms with E-state index in [2.05, 4.69) is 70.5 Å². The minimum absolute atomic E-state index is 0. The highest BCUT2D eigenvalue weighted by Gasteiger charge is 1.97. The molecule has 0 radical (unpaired) electrons. The second-order valence-corrected chi connectivity index (χ2v) is 6.65. The molecule has 4 heteroatoms. The zero-order valence-corrected chi connectivity index (χ0v) is 16.5. The van der Waals surface area contributed by atoms with Gasteiger partial charge in [0.25, 0.3) is 0 Å². The molecular formula is C24H28N4. The SMILES string of the molecule is CCCNCc1ccc(-c2cccnc2)cc1.Cc1cccc2cncnc12.[HH]. The molecule has 0 saturated carbocycles. The Kier molecular flexibility index (Phi) is 7.21. The van der Waals surface area contributed by atoms with Crippen LogP contribution in [0.1, 0.15) is 25.9 Å². The summed E-state index contributed by atoms with van der Waals surface area (Å²) in [7, 11) is 0. The van der Waals surface area contributed by atoms with Crippen LogP contribution in [-0.2, 0) is 6.54 Å². The summed E-state index contributed by atoms with van der Waals surface area (Å²) in [6.45, 7) is 6.25. The van der Waals surface area contributed by atoms with E-state index < -0.39 is 0 Å². The summed E-state index contributed by atoms with van der Waals surface area (Å²) in [6, 6.07) is 18.8. The quantitative estimate of drug-likeness (QED) is 0.474. The Morgan fingerprint density at radius 2 is 1.75 bits per heavy atom. The molecule has 0 bridgehead atoms. The first-order valence-electron chi connectivity index (χ1n) is 9.63. The zero-order valence-electron chi connectivity index (χ0n) is 16.5. The molecule has 0 amide bonds. The van der Waals surface area contributed by atoms with Crippen LogP contribution in [0.2, 0.25) is 0 Å². The van der Waals surface area contributed by atoms with Gasteiger partial charge in [-0.05, 0) is 48.2 Å². The first-order chi connectivity index (χ1) is 13.8. The second-order valence-electron chi connectivity index (χ2n) is 6.65. The van der Waals surface area contributed by atoms with Gasteiger partial charge in [-0.15, -0.1) is 0 Å². The number of hydrogen-bond donors (Lipinski definition) is 1. The molecule has 2 aromatic heterocycles. The topological polar surface area (TPSA) is 50.7 Å². The van der Waals surface area contributed by atoms with Gasteiger partial charge in [-0.2, -0.15) is 0 Å². The molecule has 2 heterocycles. The Bertz CT molecular complexity index is 983. The summed E-state index contributed by atoms with van der Waals surface area (Å²) in [6.07, 6.45) is 8.27. The molecule has 28 heavy (non-hydrogen) atoms. The second kappa shape index (κ2) is 10.3. The summed E-state index contributed by atoms with van der Waals surface area (Å²) < 4.78 is 0. The lowest BCUT2D eigenvalue weighted by Gasteiger charge is -2.05. The number of fused-ring (bicyclic) bond motifs is 1. The number of nitrogens with one attached hydrogen (secondary N) is 1. The van der Waals surface area contributed by atoms with Crippen molar-refractivity contribution in [2.45, 2.75) is 26.8 Å². The fourth-order valence-corrected chi connectivity index (χ4v) is 2.92. The maximum atomic E-state index is 4.17. The van der Waals surface area contributed by atoms with Crippen LogP contribution in [0.3, 0.4) is 0 Å². The van der Waals surface area contributed by atoms with E-state index in [-0.39, 0.29) is 1.43 Å². The van der Waals surface area contributed by atoms with Crippen molar-refractivity contribution in [2.75, 3.05) is 6.54 Å². The number of pyridine rings is 1. The van der Waals surface area contributed by atoms with Gasteiger partial charge < -0.3 is 5.32 Å². The smallest absolute Gasteiger partial charge is 0.116 e. The van der Waals surface area contributed by atoms with Crippen molar-refractivity contribution in [2.24, 2.45) is 0 Å². The third kappa shape index (κ3) is 5.44. The monoisotopic (exact) mass is 372 g/mol. The molecule has 0 aliphatic carbocycles. The number of aromatic nitrogens is 3.